The number of anilines is 1. The first-order chi connectivity index (χ1) is 20.8. The van der Waals surface area contributed by atoms with Crippen molar-refractivity contribution in [2.24, 2.45) is 4.99 Å². The largest absolute Gasteiger partial charge is 0.494 e. The lowest BCUT2D eigenvalue weighted by Gasteiger charge is -2.25. The third-order valence-corrected chi connectivity index (χ3v) is 8.72. The Kier molecular flexibility index (Phi) is 8.08. The first-order valence-corrected chi connectivity index (χ1v) is 15.1. The predicted octanol–water partition coefficient (Wildman–Crippen LogP) is 6.84. The summed E-state index contributed by atoms with van der Waals surface area (Å²) in [5.74, 6) is 1.35. The highest BCUT2D eigenvalue weighted by atomic mass is 35.5. The highest BCUT2D eigenvalue weighted by Crippen LogP contribution is 2.35. The van der Waals surface area contributed by atoms with Gasteiger partial charge in [0.05, 0.1) is 38.5 Å². The summed E-state index contributed by atoms with van der Waals surface area (Å²) in [5, 5.41) is 3.77. The molecule has 5 aromatic rings. The number of ether oxygens (including phenoxy) is 1. The summed E-state index contributed by atoms with van der Waals surface area (Å²) in [5.41, 5.74) is 2.65. The molecule has 1 amide bonds. The monoisotopic (exact) mass is 629 g/mol. The summed E-state index contributed by atoms with van der Waals surface area (Å²) in [7, 11) is 0. The number of carbonyl (C=O) groups is 1. The van der Waals surface area contributed by atoms with Crippen molar-refractivity contribution < 1.29 is 13.9 Å². The summed E-state index contributed by atoms with van der Waals surface area (Å²) in [6, 6.07) is 24.7. The Bertz CT molecular complexity index is 2040. The van der Waals surface area contributed by atoms with Gasteiger partial charge in [-0.15, -0.1) is 0 Å². The van der Waals surface area contributed by atoms with E-state index in [4.69, 9.17) is 37.3 Å². The van der Waals surface area contributed by atoms with Crippen LogP contribution in [-0.2, 0) is 4.79 Å². The molecule has 10 heteroatoms. The molecule has 0 unspecified atom stereocenters. The van der Waals surface area contributed by atoms with Gasteiger partial charge in [0.25, 0.3) is 11.5 Å². The molecular weight excluding hydrogens is 605 g/mol. The number of thiazole rings is 1. The van der Waals surface area contributed by atoms with Gasteiger partial charge in [-0.3, -0.25) is 14.2 Å². The minimum atomic E-state index is -0.713. The van der Waals surface area contributed by atoms with Crippen LogP contribution in [0.1, 0.15) is 31.2 Å². The van der Waals surface area contributed by atoms with Crippen LogP contribution in [0.5, 0.6) is 5.75 Å². The Hall–Kier alpha value is -4.37. The number of nitrogens with zero attached hydrogens (tertiary/aromatic N) is 2. The molecule has 0 bridgehead atoms. The Morgan fingerprint density at radius 1 is 1.05 bits per heavy atom. The molecular formula is C33H25Cl2N3O4S. The van der Waals surface area contributed by atoms with E-state index < -0.39 is 6.04 Å². The first-order valence-electron chi connectivity index (χ1n) is 13.5. The fraction of sp³-hybridized carbons (Fsp3) is 0.121. The summed E-state index contributed by atoms with van der Waals surface area (Å²) >= 11 is 13.8. The van der Waals surface area contributed by atoms with Gasteiger partial charge in [-0.05, 0) is 67.9 Å². The highest BCUT2D eigenvalue weighted by molar-refractivity contribution is 7.07. The molecule has 216 valence electrons. The number of hydrogen-bond donors (Lipinski definition) is 1. The number of nitrogens with one attached hydrogen (secondary N) is 1. The van der Waals surface area contributed by atoms with Crippen LogP contribution >= 0.6 is 34.5 Å². The quantitative estimate of drug-likeness (QED) is 0.214. The normalized spacial score (nSPS) is 14.8. The van der Waals surface area contributed by atoms with E-state index in [9.17, 15) is 9.59 Å². The standard InChI is InChI=1S/C33H25Cl2N3O4S/c1-3-41-22-14-12-20(13-15-22)30-28(31(39)37-21-8-5-4-6-9-21)19(2)36-33-38(30)32(40)27(43-33)18-23-16-17-26(42-23)24-10-7-11-25(34)29(24)35/h4-18,30H,3H2,1-2H3,(H,37,39)/b27-18-/t30-/m1/s1. The van der Waals surface area contributed by atoms with E-state index in [-0.39, 0.29) is 11.5 Å². The van der Waals surface area contributed by atoms with Crippen molar-refractivity contribution in [3.8, 4) is 17.1 Å². The predicted molar refractivity (Wildman–Crippen MR) is 171 cm³/mol. The van der Waals surface area contributed by atoms with E-state index in [2.05, 4.69) is 5.32 Å². The minimum Gasteiger partial charge on any atom is -0.494 e. The van der Waals surface area contributed by atoms with E-state index in [1.54, 1.807) is 41.8 Å². The van der Waals surface area contributed by atoms with Crippen LogP contribution in [-0.4, -0.2) is 17.1 Å². The third-order valence-electron chi connectivity index (χ3n) is 6.92. The van der Waals surface area contributed by atoms with Crippen molar-refractivity contribution in [2.75, 3.05) is 11.9 Å². The van der Waals surface area contributed by atoms with Gasteiger partial charge in [-0.1, -0.05) is 70.9 Å². The molecule has 6 rings (SSSR count). The van der Waals surface area contributed by atoms with E-state index in [1.165, 1.54) is 11.3 Å². The van der Waals surface area contributed by atoms with Crippen LogP contribution in [0.4, 0.5) is 5.69 Å². The maximum Gasteiger partial charge on any atom is 0.271 e. The molecule has 1 N–H and O–H groups in total. The second-order valence-electron chi connectivity index (χ2n) is 9.71. The van der Waals surface area contributed by atoms with Gasteiger partial charge < -0.3 is 14.5 Å². The average Bonchev–Trinajstić information content (AvgIpc) is 3.59. The molecule has 1 aliphatic heterocycles. The molecule has 0 aliphatic carbocycles. The van der Waals surface area contributed by atoms with Gasteiger partial charge >= 0.3 is 0 Å². The van der Waals surface area contributed by atoms with Crippen molar-refractivity contribution in [3.63, 3.8) is 0 Å². The molecule has 0 radical (unpaired) electrons. The van der Waals surface area contributed by atoms with Crippen molar-refractivity contribution in [1.82, 2.24) is 4.57 Å². The topological polar surface area (TPSA) is 85.8 Å². The lowest BCUT2D eigenvalue weighted by atomic mass is 9.95. The van der Waals surface area contributed by atoms with Crippen LogP contribution in [0.2, 0.25) is 10.0 Å². The number of para-hydroxylation sites is 1. The van der Waals surface area contributed by atoms with Gasteiger partial charge in [-0.25, -0.2) is 4.99 Å². The second-order valence-corrected chi connectivity index (χ2v) is 11.5. The van der Waals surface area contributed by atoms with Crippen LogP contribution in [0.3, 0.4) is 0 Å². The second kappa shape index (κ2) is 12.1. The summed E-state index contributed by atoms with van der Waals surface area (Å²) < 4.78 is 13.6. The summed E-state index contributed by atoms with van der Waals surface area (Å²) in [6.07, 6.45) is 1.67. The van der Waals surface area contributed by atoms with E-state index >= 15 is 0 Å². The Morgan fingerprint density at radius 2 is 1.81 bits per heavy atom. The molecule has 0 saturated heterocycles. The Balaban J connectivity index is 1.45. The van der Waals surface area contributed by atoms with E-state index in [1.807, 2.05) is 67.6 Å². The Labute approximate surface area is 261 Å². The molecule has 0 saturated carbocycles. The van der Waals surface area contributed by atoms with Gasteiger partial charge in [0.15, 0.2) is 4.80 Å². The van der Waals surface area contributed by atoms with Gasteiger partial charge in [0, 0.05) is 17.3 Å². The summed E-state index contributed by atoms with van der Waals surface area (Å²) in [4.78, 5) is 32.9. The number of aromatic nitrogens is 1. The molecule has 3 aromatic carbocycles. The van der Waals surface area contributed by atoms with Crippen molar-refractivity contribution >= 4 is 52.2 Å². The smallest absolute Gasteiger partial charge is 0.271 e. The fourth-order valence-corrected chi connectivity index (χ4v) is 6.38. The van der Waals surface area contributed by atoms with Crippen LogP contribution in [0.15, 0.2) is 110 Å². The van der Waals surface area contributed by atoms with E-state index in [0.717, 1.165) is 5.56 Å². The maximum atomic E-state index is 14.0. The third kappa shape index (κ3) is 5.69. The molecule has 2 aromatic heterocycles. The lowest BCUT2D eigenvalue weighted by molar-refractivity contribution is -0.113. The number of halogens is 2. The van der Waals surface area contributed by atoms with Gasteiger partial charge in [-0.2, -0.15) is 0 Å². The molecule has 1 aliphatic rings. The maximum absolute atomic E-state index is 14.0. The average molecular weight is 631 g/mol. The van der Waals surface area contributed by atoms with E-state index in [0.29, 0.717) is 65.8 Å². The van der Waals surface area contributed by atoms with Gasteiger partial charge in [0.2, 0.25) is 0 Å². The fourth-order valence-electron chi connectivity index (χ4n) is 4.96. The number of amides is 1. The van der Waals surface area contributed by atoms with Crippen LogP contribution < -0.4 is 24.9 Å². The van der Waals surface area contributed by atoms with Crippen molar-refractivity contribution in [3.05, 3.63) is 137 Å². The van der Waals surface area contributed by atoms with Crippen LogP contribution in [0.25, 0.3) is 17.4 Å². The number of hydrogen-bond acceptors (Lipinski definition) is 6. The minimum absolute atomic E-state index is 0.293. The van der Waals surface area contributed by atoms with Crippen molar-refractivity contribution in [2.45, 2.75) is 19.9 Å². The molecule has 0 spiro atoms. The highest BCUT2D eigenvalue weighted by Gasteiger charge is 2.32. The number of benzene rings is 3. The first kappa shape index (κ1) is 28.7. The molecule has 43 heavy (non-hydrogen) atoms. The number of fused-ring (bicyclic) bond motifs is 1. The number of allylic oxidation sites excluding steroid dienone is 1. The molecule has 7 nitrogen and oxygen atoms in total. The SMILES string of the molecule is CCOc1ccc([C@@H]2C(C(=O)Nc3ccccc3)=C(C)N=c3s/c(=C\c4ccc(-c5cccc(Cl)c5Cl)o4)c(=O)n32)cc1. The summed E-state index contributed by atoms with van der Waals surface area (Å²) in [6.45, 7) is 4.22. The van der Waals surface area contributed by atoms with Crippen LogP contribution in [0, 0.1) is 0 Å². The molecule has 1 atom stereocenters. The Morgan fingerprint density at radius 3 is 2.56 bits per heavy atom. The zero-order chi connectivity index (χ0) is 30.1. The molecule has 0 fully saturated rings. The number of furan rings is 1. The number of rotatable bonds is 7. The van der Waals surface area contributed by atoms with Crippen molar-refractivity contribution in [1.29, 1.82) is 0 Å². The zero-order valence-electron chi connectivity index (χ0n) is 23.1. The molecule has 3 heterocycles. The van der Waals surface area contributed by atoms with Gasteiger partial charge in [0.1, 0.15) is 17.3 Å². The number of carbonyl (C=O) groups excluding carboxylic acids is 1. The lowest BCUT2D eigenvalue weighted by Crippen LogP contribution is -2.40. The zero-order valence-corrected chi connectivity index (χ0v) is 25.5.